The number of carbonyl (C=O) groups excluding carboxylic acids is 1. The van der Waals surface area contributed by atoms with Gasteiger partial charge in [0, 0.05) is 42.5 Å². The van der Waals surface area contributed by atoms with Crippen LogP contribution in [-0.2, 0) is 6.54 Å². The summed E-state index contributed by atoms with van der Waals surface area (Å²) < 4.78 is 20.3. The number of H-pyrrole nitrogens is 1. The first-order valence-electron chi connectivity index (χ1n) is 9.03. The third-order valence-electron chi connectivity index (χ3n) is 4.79. The number of benzene rings is 2. The van der Waals surface area contributed by atoms with Crippen molar-refractivity contribution in [3.05, 3.63) is 78.0 Å². The molecule has 29 heavy (non-hydrogen) atoms. The summed E-state index contributed by atoms with van der Waals surface area (Å²) in [5.41, 5.74) is 2.96. The molecule has 0 aliphatic carbocycles. The Kier molecular flexibility index (Phi) is 4.95. The molecule has 0 fully saturated rings. The van der Waals surface area contributed by atoms with Crippen molar-refractivity contribution in [2.24, 2.45) is 0 Å². The first-order valence-corrected chi connectivity index (χ1v) is 9.03. The number of nitrogens with zero attached hydrogens (tertiary/aromatic N) is 3. The normalized spacial score (nSPS) is 10.9. The van der Waals surface area contributed by atoms with Crippen molar-refractivity contribution >= 4 is 16.8 Å². The smallest absolute Gasteiger partial charge is 0.257 e. The summed E-state index contributed by atoms with van der Waals surface area (Å²) in [6, 6.07) is 12.1. The number of hydrogen-bond donors (Lipinski definition) is 1. The summed E-state index contributed by atoms with van der Waals surface area (Å²) >= 11 is 0. The number of halogens is 1. The van der Waals surface area contributed by atoms with E-state index in [9.17, 15) is 9.18 Å². The van der Waals surface area contributed by atoms with Gasteiger partial charge in [-0.05, 0) is 17.7 Å². The van der Waals surface area contributed by atoms with Gasteiger partial charge >= 0.3 is 0 Å². The van der Waals surface area contributed by atoms with Crippen LogP contribution in [0.1, 0.15) is 15.9 Å². The van der Waals surface area contributed by atoms with E-state index in [1.807, 2.05) is 30.3 Å². The van der Waals surface area contributed by atoms with E-state index in [0.717, 1.165) is 22.0 Å². The summed E-state index contributed by atoms with van der Waals surface area (Å²) in [6.07, 6.45) is 5.03. The maximum absolute atomic E-state index is 14.9. The quantitative estimate of drug-likeness (QED) is 0.558. The van der Waals surface area contributed by atoms with Crippen molar-refractivity contribution in [1.82, 2.24) is 20.1 Å². The molecule has 6 nitrogen and oxygen atoms in total. The molecule has 2 aromatic carbocycles. The Morgan fingerprint density at radius 2 is 1.97 bits per heavy atom. The summed E-state index contributed by atoms with van der Waals surface area (Å²) in [6.45, 7) is 0.257. The highest BCUT2D eigenvalue weighted by Gasteiger charge is 2.21. The molecule has 0 radical (unpaired) electrons. The third kappa shape index (κ3) is 3.54. The Bertz CT molecular complexity index is 1170. The highest BCUT2D eigenvalue weighted by molar-refractivity contribution is 5.96. The second kappa shape index (κ2) is 7.71. The van der Waals surface area contributed by atoms with Gasteiger partial charge in [-0.3, -0.25) is 14.9 Å². The van der Waals surface area contributed by atoms with E-state index in [1.54, 1.807) is 25.6 Å². The van der Waals surface area contributed by atoms with Crippen LogP contribution in [0.3, 0.4) is 0 Å². The molecule has 0 saturated heterocycles. The summed E-state index contributed by atoms with van der Waals surface area (Å²) in [5.74, 6) is -0.608. The molecule has 0 unspecified atom stereocenters. The Hall–Kier alpha value is -3.74. The van der Waals surface area contributed by atoms with Crippen molar-refractivity contribution in [2.45, 2.75) is 6.54 Å². The summed E-state index contributed by atoms with van der Waals surface area (Å²) in [4.78, 5) is 18.6. The molecule has 1 amide bonds. The Morgan fingerprint density at radius 1 is 1.17 bits per heavy atom. The van der Waals surface area contributed by atoms with Crippen molar-refractivity contribution in [3.8, 4) is 16.9 Å². The van der Waals surface area contributed by atoms with E-state index >= 15 is 0 Å². The molecule has 0 aliphatic rings. The lowest BCUT2D eigenvalue weighted by Crippen LogP contribution is -2.27. The monoisotopic (exact) mass is 390 g/mol. The fourth-order valence-corrected chi connectivity index (χ4v) is 3.30. The molecule has 7 heteroatoms. The number of fused-ring (bicyclic) bond motifs is 1. The van der Waals surface area contributed by atoms with Crippen LogP contribution in [0, 0.1) is 5.82 Å². The van der Waals surface area contributed by atoms with Gasteiger partial charge in [0.15, 0.2) is 0 Å². The van der Waals surface area contributed by atoms with Crippen molar-refractivity contribution in [1.29, 1.82) is 0 Å². The lowest BCUT2D eigenvalue weighted by Gasteiger charge is -2.19. The molecule has 2 heterocycles. The lowest BCUT2D eigenvalue weighted by atomic mass is 10.0. The zero-order valence-electron chi connectivity index (χ0n) is 16.0. The average Bonchev–Trinajstić information content (AvgIpc) is 3.23. The number of ether oxygens (including phenoxy) is 1. The molecule has 146 valence electrons. The fraction of sp³-hybridized carbons (Fsp3) is 0.136. The van der Waals surface area contributed by atoms with Crippen LogP contribution >= 0.6 is 0 Å². The zero-order chi connectivity index (χ0) is 20.4. The number of rotatable bonds is 5. The zero-order valence-corrected chi connectivity index (χ0v) is 16.0. The molecule has 0 bridgehead atoms. The largest absolute Gasteiger partial charge is 0.496 e. The average molecular weight is 390 g/mol. The Morgan fingerprint density at radius 3 is 2.72 bits per heavy atom. The van der Waals surface area contributed by atoms with E-state index < -0.39 is 11.7 Å². The van der Waals surface area contributed by atoms with Gasteiger partial charge in [0.2, 0.25) is 0 Å². The van der Waals surface area contributed by atoms with Crippen molar-refractivity contribution in [2.75, 3.05) is 14.2 Å². The molecule has 0 saturated carbocycles. The SMILES string of the molecule is COc1cc(C(=O)N(C)Cc2cncc3cn[nH]c23)c(F)cc1-c1ccccc1. The van der Waals surface area contributed by atoms with E-state index in [0.29, 0.717) is 11.3 Å². The number of amides is 1. The predicted molar refractivity (Wildman–Crippen MR) is 108 cm³/mol. The molecule has 1 N–H and O–H groups in total. The van der Waals surface area contributed by atoms with E-state index in [2.05, 4.69) is 15.2 Å². The summed E-state index contributed by atoms with van der Waals surface area (Å²) in [7, 11) is 3.12. The van der Waals surface area contributed by atoms with E-state index in [4.69, 9.17) is 4.74 Å². The molecule has 4 aromatic rings. The van der Waals surface area contributed by atoms with Crippen LogP contribution in [0.5, 0.6) is 5.75 Å². The standard InChI is InChI=1S/C22H19FN4O2/c1-27(13-16-11-24-10-15-12-25-26-21(15)16)22(28)18-9-20(29-2)17(8-19(18)23)14-6-4-3-5-7-14/h3-12H,13H2,1-2H3,(H,25,26). The van der Waals surface area contributed by atoms with Crippen molar-refractivity contribution in [3.63, 3.8) is 0 Å². The predicted octanol–water partition coefficient (Wildman–Crippen LogP) is 4.04. The molecular weight excluding hydrogens is 371 g/mol. The minimum absolute atomic E-state index is 0.0474. The first kappa shape index (κ1) is 18.6. The van der Waals surface area contributed by atoms with Crippen LogP contribution in [0.2, 0.25) is 0 Å². The number of aromatic amines is 1. The molecule has 0 aliphatic heterocycles. The van der Waals surface area contributed by atoms with Gasteiger partial charge in [-0.1, -0.05) is 30.3 Å². The highest BCUT2D eigenvalue weighted by Crippen LogP contribution is 2.33. The number of hydrogen-bond acceptors (Lipinski definition) is 4. The maximum atomic E-state index is 14.9. The van der Waals surface area contributed by atoms with Gasteiger partial charge in [0.05, 0.1) is 24.4 Å². The molecule has 0 atom stereocenters. The lowest BCUT2D eigenvalue weighted by molar-refractivity contribution is 0.0780. The minimum Gasteiger partial charge on any atom is -0.496 e. The minimum atomic E-state index is -0.598. The van der Waals surface area contributed by atoms with Crippen LogP contribution in [0.25, 0.3) is 22.0 Å². The molecule has 4 rings (SSSR count). The van der Waals surface area contributed by atoms with Gasteiger partial charge in [0.25, 0.3) is 5.91 Å². The molecule has 2 aromatic heterocycles. The number of pyridine rings is 1. The molecular formula is C22H19FN4O2. The van der Waals surface area contributed by atoms with Crippen LogP contribution < -0.4 is 4.74 Å². The molecule has 0 spiro atoms. The number of carbonyl (C=O) groups is 1. The second-order valence-electron chi connectivity index (χ2n) is 6.69. The first-order chi connectivity index (χ1) is 14.1. The van der Waals surface area contributed by atoms with Gasteiger partial charge in [0.1, 0.15) is 11.6 Å². The van der Waals surface area contributed by atoms with Gasteiger partial charge in [-0.25, -0.2) is 4.39 Å². The fourth-order valence-electron chi connectivity index (χ4n) is 3.30. The maximum Gasteiger partial charge on any atom is 0.257 e. The van der Waals surface area contributed by atoms with Crippen LogP contribution in [-0.4, -0.2) is 40.1 Å². The Balaban J connectivity index is 1.65. The van der Waals surface area contributed by atoms with Crippen molar-refractivity contribution < 1.29 is 13.9 Å². The van der Waals surface area contributed by atoms with E-state index in [-0.39, 0.29) is 12.1 Å². The number of nitrogens with one attached hydrogen (secondary N) is 1. The topological polar surface area (TPSA) is 71.1 Å². The number of aromatic nitrogens is 3. The van der Waals surface area contributed by atoms with Crippen LogP contribution in [0.15, 0.2) is 61.1 Å². The summed E-state index contributed by atoms with van der Waals surface area (Å²) in [5, 5.41) is 7.76. The van der Waals surface area contributed by atoms with Gasteiger partial charge in [-0.15, -0.1) is 0 Å². The van der Waals surface area contributed by atoms with Gasteiger partial charge in [-0.2, -0.15) is 5.10 Å². The third-order valence-corrected chi connectivity index (χ3v) is 4.79. The van der Waals surface area contributed by atoms with Gasteiger partial charge < -0.3 is 9.64 Å². The Labute approximate surface area is 167 Å². The van der Waals surface area contributed by atoms with E-state index in [1.165, 1.54) is 24.1 Å². The second-order valence-corrected chi connectivity index (χ2v) is 6.69. The highest BCUT2D eigenvalue weighted by atomic mass is 19.1. The van der Waals surface area contributed by atoms with Crippen LogP contribution in [0.4, 0.5) is 4.39 Å². The number of methoxy groups -OCH3 is 1.